The van der Waals surface area contributed by atoms with Crippen LogP contribution in [0, 0.1) is 0 Å². The minimum atomic E-state index is 1.05. The van der Waals surface area contributed by atoms with E-state index in [2.05, 4.69) is 34.1 Å². The van der Waals surface area contributed by atoms with Gasteiger partial charge >= 0.3 is 0 Å². The van der Waals surface area contributed by atoms with Crippen LogP contribution in [0.4, 0.5) is 11.4 Å². The Balaban J connectivity index is 2.47. The standard InChI is InChI=1S/C8H12N4/c1-11-3-4-12(2)8-6-10-9-5-7(8)11/h5-6H,3-4H2,1-2H3. The van der Waals surface area contributed by atoms with Crippen LogP contribution in [-0.2, 0) is 0 Å². The van der Waals surface area contributed by atoms with E-state index in [0.717, 1.165) is 13.1 Å². The molecule has 1 aliphatic heterocycles. The van der Waals surface area contributed by atoms with E-state index in [1.807, 2.05) is 12.4 Å². The second kappa shape index (κ2) is 2.62. The van der Waals surface area contributed by atoms with E-state index in [1.54, 1.807) is 0 Å². The van der Waals surface area contributed by atoms with Crippen molar-refractivity contribution in [2.24, 2.45) is 0 Å². The van der Waals surface area contributed by atoms with Crippen molar-refractivity contribution in [3.63, 3.8) is 0 Å². The molecule has 4 heteroatoms. The van der Waals surface area contributed by atoms with Crippen LogP contribution >= 0.6 is 0 Å². The lowest BCUT2D eigenvalue weighted by Gasteiger charge is -2.33. The first kappa shape index (κ1) is 7.34. The van der Waals surface area contributed by atoms with Crippen molar-refractivity contribution in [3.05, 3.63) is 12.4 Å². The summed E-state index contributed by atoms with van der Waals surface area (Å²) < 4.78 is 0. The molecule has 64 valence electrons. The van der Waals surface area contributed by atoms with Crippen molar-refractivity contribution >= 4 is 11.4 Å². The van der Waals surface area contributed by atoms with Crippen LogP contribution in [0.25, 0.3) is 0 Å². The lowest BCUT2D eigenvalue weighted by Crippen LogP contribution is -2.36. The Morgan fingerprint density at radius 3 is 1.83 bits per heavy atom. The van der Waals surface area contributed by atoms with Crippen molar-refractivity contribution < 1.29 is 0 Å². The van der Waals surface area contributed by atoms with Crippen molar-refractivity contribution in [1.29, 1.82) is 0 Å². The van der Waals surface area contributed by atoms with Gasteiger partial charge in [0.25, 0.3) is 0 Å². The molecule has 1 aromatic heterocycles. The van der Waals surface area contributed by atoms with E-state index in [4.69, 9.17) is 0 Å². The Hall–Kier alpha value is -1.32. The van der Waals surface area contributed by atoms with Gasteiger partial charge < -0.3 is 9.80 Å². The summed E-state index contributed by atoms with van der Waals surface area (Å²) >= 11 is 0. The molecule has 0 fully saturated rings. The summed E-state index contributed by atoms with van der Waals surface area (Å²) in [4.78, 5) is 4.40. The third-order valence-electron chi connectivity index (χ3n) is 2.28. The van der Waals surface area contributed by atoms with Gasteiger partial charge in [-0.25, -0.2) is 0 Å². The Bertz CT molecular complexity index is 257. The van der Waals surface area contributed by atoms with Gasteiger partial charge in [-0.3, -0.25) is 0 Å². The molecule has 0 spiro atoms. The molecular formula is C8H12N4. The highest BCUT2D eigenvalue weighted by Gasteiger charge is 2.17. The van der Waals surface area contributed by atoms with Crippen LogP contribution in [0.3, 0.4) is 0 Å². The molecule has 1 aliphatic rings. The summed E-state index contributed by atoms with van der Waals surface area (Å²) in [5.41, 5.74) is 2.33. The van der Waals surface area contributed by atoms with Crippen LogP contribution in [0.2, 0.25) is 0 Å². The molecule has 1 aromatic rings. The van der Waals surface area contributed by atoms with Gasteiger partial charge in [0.2, 0.25) is 0 Å². The number of hydrogen-bond donors (Lipinski definition) is 0. The monoisotopic (exact) mass is 164 g/mol. The molecule has 2 rings (SSSR count). The maximum atomic E-state index is 3.86. The third kappa shape index (κ3) is 0.995. The smallest absolute Gasteiger partial charge is 0.0823 e. The summed E-state index contributed by atoms with van der Waals surface area (Å²) in [5.74, 6) is 0. The van der Waals surface area contributed by atoms with Crippen molar-refractivity contribution in [1.82, 2.24) is 10.2 Å². The fourth-order valence-corrected chi connectivity index (χ4v) is 1.44. The van der Waals surface area contributed by atoms with Crippen LogP contribution in [0.1, 0.15) is 0 Å². The summed E-state index contributed by atoms with van der Waals surface area (Å²) in [6, 6.07) is 0. The molecule has 0 saturated heterocycles. The van der Waals surface area contributed by atoms with Crippen LogP contribution in [-0.4, -0.2) is 37.4 Å². The number of likely N-dealkylation sites (N-methyl/N-ethyl adjacent to an activating group) is 2. The Morgan fingerprint density at radius 2 is 1.42 bits per heavy atom. The molecule has 0 radical (unpaired) electrons. The molecule has 4 nitrogen and oxygen atoms in total. The minimum absolute atomic E-state index is 1.05. The highest BCUT2D eigenvalue weighted by molar-refractivity contribution is 5.70. The molecule has 0 atom stereocenters. The number of nitrogens with zero attached hydrogens (tertiary/aromatic N) is 4. The number of rotatable bonds is 0. The largest absolute Gasteiger partial charge is 0.370 e. The van der Waals surface area contributed by atoms with Crippen LogP contribution in [0.5, 0.6) is 0 Å². The highest BCUT2D eigenvalue weighted by Crippen LogP contribution is 2.28. The molecule has 0 unspecified atom stereocenters. The van der Waals surface area contributed by atoms with Crippen molar-refractivity contribution in [3.8, 4) is 0 Å². The molecule has 0 aliphatic carbocycles. The van der Waals surface area contributed by atoms with E-state index < -0.39 is 0 Å². The first-order chi connectivity index (χ1) is 5.79. The van der Waals surface area contributed by atoms with E-state index >= 15 is 0 Å². The molecule has 0 saturated carbocycles. The zero-order valence-electron chi connectivity index (χ0n) is 7.36. The first-order valence-corrected chi connectivity index (χ1v) is 4.02. The molecule has 2 heterocycles. The van der Waals surface area contributed by atoms with Crippen LogP contribution < -0.4 is 9.80 Å². The van der Waals surface area contributed by atoms with Gasteiger partial charge in [0, 0.05) is 27.2 Å². The SMILES string of the molecule is CN1CCN(C)c2cnncc21. The molecule has 12 heavy (non-hydrogen) atoms. The Morgan fingerprint density at radius 1 is 1.00 bits per heavy atom. The normalized spacial score (nSPS) is 16.2. The molecule has 0 amide bonds. The summed E-state index contributed by atoms with van der Waals surface area (Å²) in [6.45, 7) is 2.10. The zero-order valence-corrected chi connectivity index (χ0v) is 7.36. The lowest BCUT2D eigenvalue weighted by molar-refractivity contribution is 0.784. The quantitative estimate of drug-likeness (QED) is 0.554. The summed E-state index contributed by atoms with van der Waals surface area (Å²) in [7, 11) is 4.15. The predicted octanol–water partition coefficient (Wildman–Crippen LogP) is 0.363. The van der Waals surface area contributed by atoms with Gasteiger partial charge in [-0.2, -0.15) is 10.2 Å². The van der Waals surface area contributed by atoms with Gasteiger partial charge in [0.15, 0.2) is 0 Å². The predicted molar refractivity (Wildman–Crippen MR) is 48.6 cm³/mol. The maximum absolute atomic E-state index is 3.86. The number of anilines is 2. The summed E-state index contributed by atoms with van der Waals surface area (Å²) in [6.07, 6.45) is 3.62. The van der Waals surface area contributed by atoms with Gasteiger partial charge in [-0.05, 0) is 0 Å². The molecule has 0 bridgehead atoms. The highest BCUT2D eigenvalue weighted by atomic mass is 15.3. The summed E-state index contributed by atoms with van der Waals surface area (Å²) in [5, 5.41) is 7.73. The second-order valence-corrected chi connectivity index (χ2v) is 3.10. The Kier molecular flexibility index (Phi) is 1.60. The van der Waals surface area contributed by atoms with Crippen LogP contribution in [0.15, 0.2) is 12.4 Å². The number of aromatic nitrogens is 2. The molecular weight excluding hydrogens is 152 g/mol. The fourth-order valence-electron chi connectivity index (χ4n) is 1.44. The number of hydrogen-bond acceptors (Lipinski definition) is 4. The fraction of sp³-hybridized carbons (Fsp3) is 0.500. The first-order valence-electron chi connectivity index (χ1n) is 4.02. The van der Waals surface area contributed by atoms with E-state index in [0.29, 0.717) is 0 Å². The zero-order chi connectivity index (χ0) is 8.55. The average Bonchev–Trinajstić information content (AvgIpc) is 2.12. The van der Waals surface area contributed by atoms with E-state index in [9.17, 15) is 0 Å². The lowest BCUT2D eigenvalue weighted by atomic mass is 10.2. The van der Waals surface area contributed by atoms with E-state index in [-0.39, 0.29) is 0 Å². The van der Waals surface area contributed by atoms with E-state index in [1.165, 1.54) is 11.4 Å². The van der Waals surface area contributed by atoms with Gasteiger partial charge in [-0.1, -0.05) is 0 Å². The molecule has 0 N–H and O–H groups in total. The van der Waals surface area contributed by atoms with Gasteiger partial charge in [-0.15, -0.1) is 0 Å². The van der Waals surface area contributed by atoms with Gasteiger partial charge in [0.1, 0.15) is 0 Å². The van der Waals surface area contributed by atoms with Crippen molar-refractivity contribution in [2.45, 2.75) is 0 Å². The minimum Gasteiger partial charge on any atom is -0.370 e. The molecule has 0 aromatic carbocycles. The topological polar surface area (TPSA) is 32.3 Å². The van der Waals surface area contributed by atoms with Crippen molar-refractivity contribution in [2.75, 3.05) is 37.0 Å². The second-order valence-electron chi connectivity index (χ2n) is 3.10. The Labute approximate surface area is 71.8 Å². The van der Waals surface area contributed by atoms with Gasteiger partial charge in [0.05, 0.1) is 23.8 Å². The third-order valence-corrected chi connectivity index (χ3v) is 2.28. The average molecular weight is 164 g/mol. The maximum Gasteiger partial charge on any atom is 0.0823 e. The number of fused-ring (bicyclic) bond motifs is 1.